The predicted octanol–water partition coefficient (Wildman–Crippen LogP) is 13.6. The van der Waals surface area contributed by atoms with Crippen LogP contribution < -0.4 is 59.5 Å². The Morgan fingerprint density at radius 2 is 0.560 bits per heavy atom. The Bertz CT molecular complexity index is 3270. The van der Waals surface area contributed by atoms with Crippen LogP contribution in [0.5, 0.6) is 34.5 Å². The summed E-state index contributed by atoms with van der Waals surface area (Å²) in [7, 11) is 0. The minimum Gasteiger partial charge on any atom is -0.872 e. The van der Waals surface area contributed by atoms with Gasteiger partial charge in [0.2, 0.25) is 0 Å². The van der Waals surface area contributed by atoms with Gasteiger partial charge in [0.1, 0.15) is 25.0 Å². The molecule has 10 rings (SSSR count). The molecule has 4 heterocycles. The largest absolute Gasteiger partial charge is 3.00 e. The van der Waals surface area contributed by atoms with E-state index < -0.39 is 0 Å². The fourth-order valence-electron chi connectivity index (χ4n) is 13.6. The van der Waals surface area contributed by atoms with Crippen molar-refractivity contribution in [3.05, 3.63) is 173 Å². The minimum atomic E-state index is -0.244. The zero-order valence-electron chi connectivity index (χ0n) is 66.4. The maximum atomic E-state index is 13.7. The van der Waals surface area contributed by atoms with Gasteiger partial charge in [0, 0.05) is 114 Å². The summed E-state index contributed by atoms with van der Waals surface area (Å²) in [5.74, 6) is 2.47. The van der Waals surface area contributed by atoms with Crippen molar-refractivity contribution >= 4 is 0 Å². The van der Waals surface area contributed by atoms with E-state index in [1.54, 1.807) is 0 Å². The molecular formula is C86H124ErN4NaO8. The average Bonchev–Trinajstić information content (AvgIpc) is 0.932. The third kappa shape index (κ3) is 24.6. The van der Waals surface area contributed by atoms with Gasteiger partial charge in [0.15, 0.2) is 0 Å². The number of rotatable bonds is 14. The Morgan fingerprint density at radius 1 is 0.340 bits per heavy atom. The second-order valence-electron chi connectivity index (χ2n) is 35.0. The normalized spacial score (nSPS) is 15.2. The average molecular weight is 1530 g/mol. The van der Waals surface area contributed by atoms with E-state index in [4.69, 9.17) is 18.9 Å². The summed E-state index contributed by atoms with van der Waals surface area (Å²) in [5, 5.41) is 54.9. The van der Waals surface area contributed by atoms with Crippen LogP contribution >= 0.6 is 0 Å². The van der Waals surface area contributed by atoms with Crippen LogP contribution in [0.15, 0.2) is 72.8 Å². The molecule has 0 bridgehead atoms. The molecule has 6 aromatic carbocycles. The predicted molar refractivity (Wildman–Crippen MR) is 397 cm³/mol. The molecule has 4 aliphatic rings. The number of hydrogen-bond donors (Lipinski definition) is 0. The van der Waals surface area contributed by atoms with Gasteiger partial charge in [-0.05, 0) is 144 Å². The zero-order valence-corrected chi connectivity index (χ0v) is 70.3. The summed E-state index contributed by atoms with van der Waals surface area (Å²) < 4.78 is 22.7. The van der Waals surface area contributed by atoms with Crippen LogP contribution in [0.1, 0.15) is 250 Å². The molecule has 4 aliphatic heterocycles. The van der Waals surface area contributed by atoms with Gasteiger partial charge in [-0.2, -0.15) is 0 Å². The van der Waals surface area contributed by atoms with Crippen LogP contribution in [0, 0.1) is 78.8 Å². The van der Waals surface area contributed by atoms with E-state index in [1.807, 2.05) is 48.5 Å². The minimum absolute atomic E-state index is 0. The first-order chi connectivity index (χ1) is 45.5. The van der Waals surface area contributed by atoms with Crippen molar-refractivity contribution in [1.29, 1.82) is 0 Å². The molecule has 0 unspecified atom stereocenters. The molecule has 12 nitrogen and oxygen atoms in total. The fraction of sp³-hybridized carbons (Fsp3) is 0.581. The van der Waals surface area contributed by atoms with Crippen LogP contribution in [-0.2, 0) is 81.2 Å². The summed E-state index contributed by atoms with van der Waals surface area (Å²) in [4.78, 5) is 9.20. The molecule has 14 heteroatoms. The molecule has 100 heavy (non-hydrogen) atoms. The second-order valence-corrected chi connectivity index (χ2v) is 35.0. The van der Waals surface area contributed by atoms with Crippen molar-refractivity contribution in [2.45, 2.75) is 264 Å². The van der Waals surface area contributed by atoms with Crippen LogP contribution in [0.4, 0.5) is 0 Å². The molecule has 0 atom stereocenters. The monoisotopic (exact) mass is 1530 g/mol. The molecule has 0 aliphatic carbocycles. The summed E-state index contributed by atoms with van der Waals surface area (Å²) in [6.45, 7) is 62.6. The molecule has 2 saturated heterocycles. The van der Waals surface area contributed by atoms with E-state index in [-0.39, 0.29) is 122 Å². The van der Waals surface area contributed by atoms with E-state index in [0.29, 0.717) is 52.7 Å². The zero-order chi connectivity index (χ0) is 72.6. The Balaban J connectivity index is 0.000000309. The molecule has 0 aromatic heterocycles. The van der Waals surface area contributed by atoms with E-state index in [9.17, 15) is 20.4 Å². The van der Waals surface area contributed by atoms with Crippen molar-refractivity contribution in [2.24, 2.45) is 0 Å². The number of benzene rings is 6. The first-order valence-corrected chi connectivity index (χ1v) is 36.3. The van der Waals surface area contributed by atoms with Gasteiger partial charge in [-0.1, -0.05) is 231 Å². The van der Waals surface area contributed by atoms with E-state index >= 15 is 0 Å². The Labute approximate surface area is 657 Å². The number of ether oxygens (including phenoxy) is 4. The van der Waals surface area contributed by atoms with Crippen molar-refractivity contribution < 1.29 is 106 Å². The molecule has 1 radical (unpaired) electrons. The maximum absolute atomic E-state index is 13.7. The molecule has 549 valence electrons. The first-order valence-electron chi connectivity index (χ1n) is 36.3. The van der Waals surface area contributed by atoms with Crippen LogP contribution in [0.25, 0.3) is 0 Å². The first kappa shape index (κ1) is 86.8. The van der Waals surface area contributed by atoms with E-state index in [1.165, 1.54) is 59.1 Å². The van der Waals surface area contributed by atoms with Crippen molar-refractivity contribution in [3.8, 4) is 34.5 Å². The molecule has 0 amide bonds. The van der Waals surface area contributed by atoms with E-state index in [2.05, 4.69) is 210 Å². The van der Waals surface area contributed by atoms with Gasteiger partial charge in [-0.3, -0.25) is 19.6 Å². The van der Waals surface area contributed by atoms with Crippen LogP contribution in [-0.4, -0.2) is 85.7 Å². The van der Waals surface area contributed by atoms with Gasteiger partial charge in [-0.15, -0.1) is 23.0 Å². The van der Waals surface area contributed by atoms with Gasteiger partial charge >= 0.3 is 66.9 Å². The summed E-state index contributed by atoms with van der Waals surface area (Å²) in [5.41, 5.74) is 17.3. The van der Waals surface area contributed by atoms with Crippen molar-refractivity contribution in [1.82, 2.24) is 19.6 Å². The standard InChI is InChI=1S/2C39H56N2O3.2C4H8O.Er.Na/c2*1-25-15-28(34(42)31(18-25)37(4,5)6)21-40(22-29-16-26(2)19-32(35(29)43)38(7,8)9)13-14-41-23-30-17-27(3)20-33(39(10,11)12)36(30)44-24-41;2*1-2-4-5-3-1;;/h2*15-20,42-43H,13-14,21-24H2,1-12H3;2*1-4H2;;/q;;;;+3;+1/p-4. The van der Waals surface area contributed by atoms with E-state index in [0.717, 1.165) is 131 Å². The summed E-state index contributed by atoms with van der Waals surface area (Å²) in [6, 6.07) is 25.2. The number of hydrogen-bond acceptors (Lipinski definition) is 12. The van der Waals surface area contributed by atoms with Crippen LogP contribution in [0.2, 0.25) is 0 Å². The summed E-state index contributed by atoms with van der Waals surface area (Å²) >= 11 is 0. The second kappa shape index (κ2) is 36.4. The fourth-order valence-corrected chi connectivity index (χ4v) is 13.6. The van der Waals surface area contributed by atoms with Crippen LogP contribution in [0.3, 0.4) is 0 Å². The van der Waals surface area contributed by atoms with Gasteiger partial charge < -0.3 is 39.4 Å². The molecule has 0 spiro atoms. The molecule has 2 fully saturated rings. The molecular weight excluding hydrogens is 1410 g/mol. The van der Waals surface area contributed by atoms with Gasteiger partial charge in [-0.25, -0.2) is 0 Å². The SMILES string of the molecule is C1CCOC1.C1CCOC1.Cc1cc(CN(CCN2COc3c(cc(C)cc3C(C)(C)C)C2)Cc2cc(C)cc(C(C)(C)C)c2[O-])c([O-])c(C(C)(C)C)c1.Cc1cc(CN(CCN2COc3c(cc(C)cc3C(C)(C)C)C2)Cc2cc(C)cc(C(C)(C)C)c2[O-])c([O-])c(C(C)(C)C)c1.[Er+3].[Na+]. The molecule has 6 aromatic rings. The topological polar surface area (TPSA) is 142 Å². The summed E-state index contributed by atoms with van der Waals surface area (Å²) in [6.07, 6.45) is 5.11. The third-order valence-electron chi connectivity index (χ3n) is 19.0. The maximum Gasteiger partial charge on any atom is 3.00 e. The molecule has 0 saturated carbocycles. The number of nitrogens with zero attached hydrogens (tertiary/aromatic N) is 4. The number of aryl methyl sites for hydroxylation is 6. The van der Waals surface area contributed by atoms with Crippen molar-refractivity contribution in [2.75, 3.05) is 66.1 Å². The Morgan fingerprint density at radius 3 is 0.770 bits per heavy atom. The quantitative estimate of drug-likeness (QED) is 0.0958. The smallest absolute Gasteiger partial charge is 0.872 e. The van der Waals surface area contributed by atoms with Crippen molar-refractivity contribution in [3.63, 3.8) is 0 Å². The molecule has 0 N–H and O–H groups in total. The number of fused-ring (bicyclic) bond motifs is 2. The van der Waals surface area contributed by atoms with Gasteiger partial charge in [0.25, 0.3) is 0 Å². The van der Waals surface area contributed by atoms with Gasteiger partial charge in [0.05, 0.1) is 0 Å². The third-order valence-corrected chi connectivity index (χ3v) is 19.0. The Hall–Kier alpha value is -3.87. The Kier molecular flexibility index (Phi) is 31.6.